The lowest BCUT2D eigenvalue weighted by Gasteiger charge is -2.37. The standard InChI is InChI=1S/C39H30F4N6O3S/c1-18-47-48-36(52-18)28-26(10-5-19-3-6-22(40)7-4-19)45-34-30(37(50)49-17-20-14-38(34,49)15-20)29(28)27-13-21-11-12-44-35(32(21)53-27)46-33-23-8-9-25(41)31(51-2)24(23)16-39(33,42)43/h3-4,6-9,11-13,20,33H,5,10,14-17H2,1-2H3,(H,44,46)/t20?,33-,38?/m0/s1. The summed E-state index contributed by atoms with van der Waals surface area (Å²) in [5.74, 6) is -3.39. The van der Waals surface area contributed by atoms with Crippen molar-refractivity contribution in [3.8, 4) is 27.6 Å². The maximum atomic E-state index is 15.7. The van der Waals surface area contributed by atoms with Gasteiger partial charge in [0.2, 0.25) is 11.8 Å². The Kier molecular flexibility index (Phi) is 6.89. The van der Waals surface area contributed by atoms with Crippen LogP contribution in [0.3, 0.4) is 0 Å². The number of aryl methyl sites for hydroxylation is 3. The number of carbonyl (C=O) groups is 1. The number of fused-ring (bicyclic) bond motifs is 3. The quantitative estimate of drug-likeness (QED) is 0.156. The minimum absolute atomic E-state index is 0.109. The molecule has 14 heteroatoms. The Morgan fingerprint density at radius 3 is 2.60 bits per heavy atom. The Balaban J connectivity index is 1.15. The summed E-state index contributed by atoms with van der Waals surface area (Å²) in [4.78, 5) is 26.8. The molecule has 11 rings (SSSR count). The van der Waals surface area contributed by atoms with Crippen LogP contribution in [-0.2, 0) is 24.8 Å². The smallest absolute Gasteiger partial charge is 0.276 e. The number of amides is 1. The van der Waals surface area contributed by atoms with E-state index in [2.05, 4.69) is 20.5 Å². The molecule has 6 aromatic rings. The summed E-state index contributed by atoms with van der Waals surface area (Å²) < 4.78 is 71.5. The van der Waals surface area contributed by atoms with E-state index in [1.54, 1.807) is 31.3 Å². The lowest BCUT2D eigenvalue weighted by Crippen LogP contribution is -2.40. The number of methoxy groups -OCH3 is 1. The third-order valence-electron chi connectivity index (χ3n) is 11.2. The highest BCUT2D eigenvalue weighted by atomic mass is 32.1. The number of nitrogens with one attached hydrogen (secondary N) is 1. The third kappa shape index (κ3) is 4.70. The van der Waals surface area contributed by atoms with Crippen LogP contribution in [-0.4, -0.2) is 50.5 Å². The van der Waals surface area contributed by atoms with Gasteiger partial charge in [-0.2, -0.15) is 0 Å². The summed E-state index contributed by atoms with van der Waals surface area (Å²) in [5.41, 5.74) is 3.82. The molecule has 7 heterocycles. The monoisotopic (exact) mass is 738 g/mol. The van der Waals surface area contributed by atoms with E-state index in [0.717, 1.165) is 35.6 Å². The van der Waals surface area contributed by atoms with Gasteiger partial charge in [-0.25, -0.2) is 22.5 Å². The van der Waals surface area contributed by atoms with Gasteiger partial charge in [-0.1, -0.05) is 18.2 Å². The molecule has 2 saturated heterocycles. The van der Waals surface area contributed by atoms with Crippen molar-refractivity contribution in [1.29, 1.82) is 0 Å². The lowest BCUT2D eigenvalue weighted by molar-refractivity contribution is -0.00736. The van der Waals surface area contributed by atoms with E-state index < -0.39 is 29.7 Å². The van der Waals surface area contributed by atoms with E-state index in [-0.39, 0.29) is 40.3 Å². The van der Waals surface area contributed by atoms with Crippen LogP contribution in [0, 0.1) is 24.5 Å². The molecule has 53 heavy (non-hydrogen) atoms. The molecule has 1 spiro atoms. The maximum Gasteiger partial charge on any atom is 0.276 e. The number of aromatic nitrogens is 4. The molecule has 9 nitrogen and oxygen atoms in total. The molecule has 4 aromatic heterocycles. The molecule has 0 radical (unpaired) electrons. The van der Waals surface area contributed by atoms with E-state index in [1.165, 1.54) is 36.6 Å². The normalized spacial score (nSPS) is 21.8. The Bertz CT molecular complexity index is 2510. The van der Waals surface area contributed by atoms with E-state index in [9.17, 15) is 13.6 Å². The number of rotatable bonds is 8. The van der Waals surface area contributed by atoms with Gasteiger partial charge in [-0.05, 0) is 78.4 Å². The molecule has 2 aliphatic carbocycles. The molecule has 1 amide bonds. The van der Waals surface area contributed by atoms with Crippen LogP contribution in [0.2, 0.25) is 0 Å². The van der Waals surface area contributed by atoms with Gasteiger partial charge in [0, 0.05) is 42.1 Å². The minimum atomic E-state index is -3.26. The summed E-state index contributed by atoms with van der Waals surface area (Å²) in [5, 5.41) is 12.2. The second kappa shape index (κ2) is 11.3. The van der Waals surface area contributed by atoms with Crippen LogP contribution in [0.1, 0.15) is 63.2 Å². The molecule has 1 atom stereocenters. The van der Waals surface area contributed by atoms with Gasteiger partial charge in [0.25, 0.3) is 11.8 Å². The number of nitrogens with zero attached hydrogens (tertiary/aromatic N) is 5. The Labute approximate surface area is 304 Å². The van der Waals surface area contributed by atoms with Gasteiger partial charge in [-0.15, -0.1) is 21.5 Å². The van der Waals surface area contributed by atoms with Gasteiger partial charge >= 0.3 is 0 Å². The third-order valence-corrected chi connectivity index (χ3v) is 12.4. The van der Waals surface area contributed by atoms with E-state index in [4.69, 9.17) is 14.1 Å². The molecule has 2 bridgehead atoms. The SMILES string of the molecule is COc1c(F)ccc2c1CC(F)(F)[C@H]2Nc1nccc2cc(-c3c4c(nc(CCc5ccc(F)cc5)c3-c3nnc(C)o3)C35CC(CN3C4=O)C5)sc12. The topological polar surface area (TPSA) is 106 Å². The van der Waals surface area contributed by atoms with Gasteiger partial charge in [0.05, 0.1) is 39.9 Å². The number of hydrogen-bond acceptors (Lipinski definition) is 9. The number of halogens is 4. The highest BCUT2D eigenvalue weighted by Crippen LogP contribution is 2.63. The summed E-state index contributed by atoms with van der Waals surface area (Å²) in [7, 11) is 1.26. The summed E-state index contributed by atoms with van der Waals surface area (Å²) in [6.45, 7) is 2.35. The maximum absolute atomic E-state index is 15.7. The number of ether oxygens (including phenoxy) is 1. The van der Waals surface area contributed by atoms with Gasteiger partial charge < -0.3 is 19.4 Å². The number of carbonyl (C=O) groups excluding carboxylic acids is 1. The van der Waals surface area contributed by atoms with E-state index in [0.29, 0.717) is 63.2 Å². The first-order valence-corrected chi connectivity index (χ1v) is 18.2. The molecule has 1 N–H and O–H groups in total. The second-order valence-corrected chi connectivity index (χ2v) is 15.4. The number of thiophene rings is 1. The number of benzene rings is 2. The Morgan fingerprint density at radius 2 is 1.85 bits per heavy atom. The second-order valence-electron chi connectivity index (χ2n) is 14.4. The Hall–Kier alpha value is -5.37. The van der Waals surface area contributed by atoms with E-state index >= 15 is 8.78 Å². The minimum Gasteiger partial charge on any atom is -0.493 e. The fourth-order valence-corrected chi connectivity index (χ4v) is 10.1. The van der Waals surface area contributed by atoms with Crippen molar-refractivity contribution >= 4 is 33.1 Å². The fourth-order valence-electron chi connectivity index (χ4n) is 8.92. The van der Waals surface area contributed by atoms with Crippen molar-refractivity contribution in [3.63, 3.8) is 0 Å². The average molecular weight is 739 g/mol. The van der Waals surface area contributed by atoms with Crippen LogP contribution in [0.4, 0.5) is 23.4 Å². The van der Waals surface area contributed by atoms with Gasteiger partial charge in [0.1, 0.15) is 17.7 Å². The molecular formula is C39H30F4N6O3S. The lowest BCUT2D eigenvalue weighted by atomic mass is 9.71. The number of alkyl halides is 2. The zero-order chi connectivity index (χ0) is 36.4. The molecule has 2 aromatic carbocycles. The van der Waals surface area contributed by atoms with Crippen molar-refractivity contribution in [2.45, 2.75) is 56.5 Å². The predicted octanol–water partition coefficient (Wildman–Crippen LogP) is 8.21. The molecule has 5 aliphatic rings. The predicted molar refractivity (Wildman–Crippen MR) is 188 cm³/mol. The molecule has 3 aliphatic heterocycles. The average Bonchev–Trinajstić information content (AvgIpc) is 3.96. The summed E-state index contributed by atoms with van der Waals surface area (Å²) in [6, 6.07) is 11.1. The van der Waals surface area contributed by atoms with E-state index in [1.807, 2.05) is 11.0 Å². The van der Waals surface area contributed by atoms with Crippen LogP contribution in [0.25, 0.3) is 32.0 Å². The highest BCUT2D eigenvalue weighted by Gasteiger charge is 2.65. The largest absolute Gasteiger partial charge is 0.493 e. The molecule has 268 valence electrons. The molecular weight excluding hydrogens is 709 g/mol. The van der Waals surface area contributed by atoms with Gasteiger partial charge in [-0.3, -0.25) is 9.78 Å². The van der Waals surface area contributed by atoms with Crippen LogP contribution < -0.4 is 10.1 Å². The van der Waals surface area contributed by atoms with Gasteiger partial charge in [0.15, 0.2) is 11.6 Å². The van der Waals surface area contributed by atoms with Crippen molar-refractivity contribution in [2.75, 3.05) is 19.0 Å². The summed E-state index contributed by atoms with van der Waals surface area (Å²) in [6.07, 6.45) is 3.51. The molecule has 1 saturated carbocycles. The number of pyridine rings is 2. The van der Waals surface area contributed by atoms with Crippen LogP contribution >= 0.6 is 11.3 Å². The van der Waals surface area contributed by atoms with Crippen molar-refractivity contribution in [2.24, 2.45) is 5.92 Å². The zero-order valence-corrected chi connectivity index (χ0v) is 29.3. The van der Waals surface area contributed by atoms with Crippen LogP contribution in [0.15, 0.2) is 59.1 Å². The first-order valence-electron chi connectivity index (χ1n) is 17.4. The number of hydrogen-bond donors (Lipinski definition) is 1. The fraction of sp³-hybridized carbons (Fsp3) is 0.308. The first-order chi connectivity index (χ1) is 25.5. The summed E-state index contributed by atoms with van der Waals surface area (Å²) >= 11 is 1.32. The molecule has 0 unspecified atom stereocenters. The first kappa shape index (κ1) is 32.3. The van der Waals surface area contributed by atoms with Crippen molar-refractivity contribution in [1.82, 2.24) is 25.1 Å². The highest BCUT2D eigenvalue weighted by molar-refractivity contribution is 7.23. The van der Waals surface area contributed by atoms with Crippen molar-refractivity contribution in [3.05, 3.63) is 106 Å². The molecule has 3 fully saturated rings. The van der Waals surface area contributed by atoms with Crippen molar-refractivity contribution < 1.29 is 31.5 Å². The zero-order valence-electron chi connectivity index (χ0n) is 28.5. The Morgan fingerprint density at radius 1 is 1.04 bits per heavy atom. The van der Waals surface area contributed by atoms with Crippen LogP contribution in [0.5, 0.6) is 5.75 Å². The number of anilines is 1.